The van der Waals surface area contributed by atoms with E-state index in [-0.39, 0.29) is 17.8 Å². The Hall–Kier alpha value is -1.06. The molecule has 0 heterocycles. The van der Waals surface area contributed by atoms with E-state index in [0.717, 1.165) is 12.8 Å². The monoisotopic (exact) mass is 285 g/mol. The summed E-state index contributed by atoms with van der Waals surface area (Å²) in [6.45, 7) is 6.00. The second-order valence-electron chi connectivity index (χ2n) is 5.68. The minimum absolute atomic E-state index is 0.0421. The Morgan fingerprint density at radius 1 is 1.00 bits per heavy atom. The lowest BCUT2D eigenvalue weighted by atomic mass is 10.0. The molecule has 4 nitrogen and oxygen atoms in total. The largest absolute Gasteiger partial charge is 0.467 e. The van der Waals surface area contributed by atoms with Crippen LogP contribution in [0.4, 0.5) is 0 Å². The van der Waals surface area contributed by atoms with Gasteiger partial charge in [-0.2, -0.15) is 0 Å². The molecule has 0 saturated heterocycles. The summed E-state index contributed by atoms with van der Waals surface area (Å²) >= 11 is 0. The maximum atomic E-state index is 11.8. The van der Waals surface area contributed by atoms with E-state index in [9.17, 15) is 9.59 Å². The van der Waals surface area contributed by atoms with Crippen LogP contribution in [0.3, 0.4) is 0 Å². The van der Waals surface area contributed by atoms with Crippen LogP contribution >= 0.6 is 0 Å². The second kappa shape index (κ2) is 11.7. The zero-order valence-corrected chi connectivity index (χ0v) is 13.5. The Labute approximate surface area is 123 Å². The van der Waals surface area contributed by atoms with Gasteiger partial charge < -0.3 is 10.1 Å². The standard InChI is InChI=1S/C16H31NO3/c1-5-6-7-8-9-10-11-12-14(18)17-15(13(2)3)16(19)20-4/h13,15H,5-12H2,1-4H3,(H,17,18)/t15-/m0/s1. The predicted molar refractivity (Wildman–Crippen MR) is 81.4 cm³/mol. The first kappa shape index (κ1) is 18.9. The van der Waals surface area contributed by atoms with E-state index in [1.165, 1.54) is 39.2 Å². The zero-order valence-electron chi connectivity index (χ0n) is 13.5. The van der Waals surface area contributed by atoms with E-state index < -0.39 is 6.04 Å². The number of methoxy groups -OCH3 is 1. The molecule has 4 heteroatoms. The molecule has 0 radical (unpaired) electrons. The molecule has 0 aliphatic heterocycles. The highest BCUT2D eigenvalue weighted by molar-refractivity contribution is 5.84. The molecule has 0 aliphatic rings. The molecular weight excluding hydrogens is 254 g/mol. The molecule has 1 N–H and O–H groups in total. The molecule has 0 aromatic rings. The van der Waals surface area contributed by atoms with Crippen molar-refractivity contribution in [2.45, 2.75) is 78.2 Å². The summed E-state index contributed by atoms with van der Waals surface area (Å²) in [5.41, 5.74) is 0. The van der Waals surface area contributed by atoms with Gasteiger partial charge in [-0.05, 0) is 12.3 Å². The first-order valence-corrected chi connectivity index (χ1v) is 7.90. The molecule has 118 valence electrons. The van der Waals surface area contributed by atoms with E-state index >= 15 is 0 Å². The third kappa shape index (κ3) is 8.94. The average Bonchev–Trinajstić information content (AvgIpc) is 2.42. The van der Waals surface area contributed by atoms with Crippen molar-refractivity contribution in [2.75, 3.05) is 7.11 Å². The number of amides is 1. The quantitative estimate of drug-likeness (QED) is 0.467. The number of unbranched alkanes of at least 4 members (excludes halogenated alkanes) is 6. The molecule has 1 amide bonds. The summed E-state index contributed by atoms with van der Waals surface area (Å²) in [4.78, 5) is 23.3. The lowest BCUT2D eigenvalue weighted by Crippen LogP contribution is -2.44. The summed E-state index contributed by atoms with van der Waals surface area (Å²) in [6, 6.07) is -0.531. The van der Waals surface area contributed by atoms with Gasteiger partial charge in [0.05, 0.1) is 7.11 Å². The maximum absolute atomic E-state index is 11.8. The number of carbonyl (C=O) groups is 2. The van der Waals surface area contributed by atoms with Crippen LogP contribution in [0.25, 0.3) is 0 Å². The Bertz CT molecular complexity index is 277. The molecule has 1 atom stereocenters. The van der Waals surface area contributed by atoms with Gasteiger partial charge in [0, 0.05) is 6.42 Å². The SMILES string of the molecule is CCCCCCCCCC(=O)N[C@H](C(=O)OC)C(C)C. The number of hydrogen-bond acceptors (Lipinski definition) is 3. The van der Waals surface area contributed by atoms with Gasteiger partial charge in [-0.3, -0.25) is 4.79 Å². The molecule has 0 fully saturated rings. The average molecular weight is 285 g/mol. The third-order valence-corrected chi connectivity index (χ3v) is 3.45. The van der Waals surface area contributed by atoms with Gasteiger partial charge in [0.25, 0.3) is 0 Å². The Morgan fingerprint density at radius 2 is 1.55 bits per heavy atom. The highest BCUT2D eigenvalue weighted by Gasteiger charge is 2.24. The molecule has 20 heavy (non-hydrogen) atoms. The zero-order chi connectivity index (χ0) is 15.4. The molecule has 0 unspecified atom stereocenters. The van der Waals surface area contributed by atoms with Crippen molar-refractivity contribution in [1.82, 2.24) is 5.32 Å². The van der Waals surface area contributed by atoms with Gasteiger partial charge in [0.15, 0.2) is 0 Å². The highest BCUT2D eigenvalue weighted by atomic mass is 16.5. The third-order valence-electron chi connectivity index (χ3n) is 3.45. The molecule has 0 aromatic carbocycles. The number of nitrogens with one attached hydrogen (secondary N) is 1. The van der Waals surface area contributed by atoms with Gasteiger partial charge >= 0.3 is 5.97 Å². The predicted octanol–water partition coefficient (Wildman–Crippen LogP) is 3.44. The summed E-state index contributed by atoms with van der Waals surface area (Å²) < 4.78 is 4.70. The molecular formula is C16H31NO3. The molecule has 0 aliphatic carbocycles. The fourth-order valence-corrected chi connectivity index (χ4v) is 2.11. The Kier molecular flexibility index (Phi) is 11.1. The van der Waals surface area contributed by atoms with Crippen molar-refractivity contribution in [3.05, 3.63) is 0 Å². The topological polar surface area (TPSA) is 55.4 Å². The number of hydrogen-bond donors (Lipinski definition) is 1. The van der Waals surface area contributed by atoms with Gasteiger partial charge in [0.2, 0.25) is 5.91 Å². The number of esters is 1. The van der Waals surface area contributed by atoms with E-state index in [1.807, 2.05) is 13.8 Å². The maximum Gasteiger partial charge on any atom is 0.328 e. The number of ether oxygens (including phenoxy) is 1. The van der Waals surface area contributed by atoms with Crippen LogP contribution in [0.15, 0.2) is 0 Å². The van der Waals surface area contributed by atoms with Gasteiger partial charge in [-0.1, -0.05) is 59.3 Å². The van der Waals surface area contributed by atoms with Crippen LogP contribution in [0.2, 0.25) is 0 Å². The highest BCUT2D eigenvalue weighted by Crippen LogP contribution is 2.09. The van der Waals surface area contributed by atoms with Crippen molar-refractivity contribution in [3.8, 4) is 0 Å². The second-order valence-corrected chi connectivity index (χ2v) is 5.68. The van der Waals surface area contributed by atoms with Crippen molar-refractivity contribution >= 4 is 11.9 Å². The fraction of sp³-hybridized carbons (Fsp3) is 0.875. The summed E-state index contributed by atoms with van der Waals surface area (Å²) in [7, 11) is 1.35. The van der Waals surface area contributed by atoms with Crippen molar-refractivity contribution < 1.29 is 14.3 Å². The van der Waals surface area contributed by atoms with Crippen LogP contribution < -0.4 is 5.32 Å². The van der Waals surface area contributed by atoms with Crippen molar-refractivity contribution in [2.24, 2.45) is 5.92 Å². The normalized spacial score (nSPS) is 12.2. The van der Waals surface area contributed by atoms with Crippen LogP contribution in [0, 0.1) is 5.92 Å². The summed E-state index contributed by atoms with van der Waals surface area (Å²) in [5.74, 6) is -0.379. The lowest BCUT2D eigenvalue weighted by Gasteiger charge is -2.19. The molecule has 0 aromatic heterocycles. The number of carbonyl (C=O) groups excluding carboxylic acids is 2. The van der Waals surface area contributed by atoms with Gasteiger partial charge in [-0.15, -0.1) is 0 Å². The van der Waals surface area contributed by atoms with Crippen molar-refractivity contribution in [1.29, 1.82) is 0 Å². The molecule has 0 rings (SSSR count). The Balaban J connectivity index is 3.78. The van der Waals surface area contributed by atoms with Crippen LogP contribution in [0.5, 0.6) is 0 Å². The van der Waals surface area contributed by atoms with Gasteiger partial charge in [0.1, 0.15) is 6.04 Å². The van der Waals surface area contributed by atoms with Crippen LogP contribution in [-0.2, 0) is 14.3 Å². The summed E-state index contributed by atoms with van der Waals surface area (Å²) in [6.07, 6.45) is 8.77. The molecule has 0 saturated carbocycles. The van der Waals surface area contributed by atoms with E-state index in [4.69, 9.17) is 4.74 Å². The van der Waals surface area contributed by atoms with Crippen LogP contribution in [-0.4, -0.2) is 25.0 Å². The van der Waals surface area contributed by atoms with Crippen molar-refractivity contribution in [3.63, 3.8) is 0 Å². The molecule has 0 bridgehead atoms. The summed E-state index contributed by atoms with van der Waals surface area (Å²) in [5, 5.41) is 2.76. The lowest BCUT2D eigenvalue weighted by molar-refractivity contribution is -0.146. The van der Waals surface area contributed by atoms with E-state index in [2.05, 4.69) is 12.2 Å². The van der Waals surface area contributed by atoms with Crippen LogP contribution in [0.1, 0.15) is 72.1 Å². The smallest absolute Gasteiger partial charge is 0.328 e. The minimum atomic E-state index is -0.531. The first-order chi connectivity index (χ1) is 9.52. The van der Waals surface area contributed by atoms with E-state index in [0.29, 0.717) is 6.42 Å². The Morgan fingerprint density at radius 3 is 2.05 bits per heavy atom. The number of rotatable bonds is 11. The van der Waals surface area contributed by atoms with Gasteiger partial charge in [-0.25, -0.2) is 4.79 Å². The minimum Gasteiger partial charge on any atom is -0.467 e. The van der Waals surface area contributed by atoms with E-state index in [1.54, 1.807) is 0 Å². The molecule has 0 spiro atoms. The fourth-order valence-electron chi connectivity index (χ4n) is 2.11. The first-order valence-electron chi connectivity index (χ1n) is 7.90.